The lowest BCUT2D eigenvalue weighted by Crippen LogP contribution is -2.37. The van der Waals surface area contributed by atoms with Gasteiger partial charge in [-0.05, 0) is 43.0 Å². The summed E-state index contributed by atoms with van der Waals surface area (Å²) in [5.74, 6) is -0.0681. The number of thioether (sulfide) groups is 1. The fourth-order valence-corrected chi connectivity index (χ4v) is 6.04. The molecule has 176 valence electrons. The molecule has 3 aromatic rings. The van der Waals surface area contributed by atoms with Crippen LogP contribution in [0.3, 0.4) is 0 Å². The van der Waals surface area contributed by atoms with Gasteiger partial charge in [-0.3, -0.25) is 4.79 Å². The first-order chi connectivity index (χ1) is 16.4. The molecule has 1 heterocycles. The van der Waals surface area contributed by atoms with Crippen LogP contribution < -0.4 is 10.2 Å². The average Bonchev–Trinajstić information content (AvgIpc) is 2.85. The zero-order chi connectivity index (χ0) is 24.0. The molecule has 0 aliphatic carbocycles. The molecule has 8 heteroatoms. The predicted octanol–water partition coefficient (Wildman–Crippen LogP) is 4.62. The number of nitrogens with one attached hydrogen (secondary N) is 1. The normalized spacial score (nSPS) is 15.2. The van der Waals surface area contributed by atoms with Crippen molar-refractivity contribution >= 4 is 38.5 Å². The SMILES string of the molecule is C[C@@H](CCc1ccccc1)NC(=O)CSC1=NS(=O)(=O)c2ccccc2N1Cc1ccccc1. The second-order valence-electron chi connectivity index (χ2n) is 8.17. The number of hydrogen-bond donors (Lipinski definition) is 1. The van der Waals surface area contributed by atoms with E-state index in [9.17, 15) is 13.2 Å². The van der Waals surface area contributed by atoms with Crippen LogP contribution >= 0.6 is 11.8 Å². The van der Waals surface area contributed by atoms with Crippen molar-refractivity contribution in [1.82, 2.24) is 5.32 Å². The van der Waals surface area contributed by atoms with Crippen molar-refractivity contribution in [3.8, 4) is 0 Å². The van der Waals surface area contributed by atoms with Crippen LogP contribution in [-0.2, 0) is 27.8 Å². The molecule has 1 N–H and O–H groups in total. The maximum Gasteiger partial charge on any atom is 0.286 e. The Kier molecular flexibility index (Phi) is 7.70. The number of para-hydroxylation sites is 1. The number of amides is 1. The Hall–Kier alpha value is -3.10. The molecule has 0 aromatic heterocycles. The molecule has 0 radical (unpaired) electrons. The first kappa shape index (κ1) is 24.0. The Bertz CT molecular complexity index is 1260. The third kappa shape index (κ3) is 6.07. The zero-order valence-corrected chi connectivity index (χ0v) is 20.6. The predicted molar refractivity (Wildman–Crippen MR) is 139 cm³/mol. The van der Waals surface area contributed by atoms with E-state index in [0.29, 0.717) is 17.4 Å². The number of rotatable bonds is 8. The number of anilines is 1. The van der Waals surface area contributed by atoms with E-state index in [4.69, 9.17) is 0 Å². The molecular weight excluding hydrogens is 466 g/mol. The van der Waals surface area contributed by atoms with E-state index < -0.39 is 10.0 Å². The van der Waals surface area contributed by atoms with Gasteiger partial charge >= 0.3 is 0 Å². The summed E-state index contributed by atoms with van der Waals surface area (Å²) in [6.45, 7) is 2.43. The number of carbonyl (C=O) groups is 1. The Balaban J connectivity index is 1.43. The lowest BCUT2D eigenvalue weighted by atomic mass is 10.1. The van der Waals surface area contributed by atoms with Gasteiger partial charge in [-0.1, -0.05) is 84.6 Å². The minimum absolute atomic E-state index is 0.00600. The van der Waals surface area contributed by atoms with Crippen molar-refractivity contribution in [2.75, 3.05) is 10.7 Å². The van der Waals surface area contributed by atoms with E-state index in [1.807, 2.05) is 60.4 Å². The molecule has 1 amide bonds. The number of aryl methyl sites for hydroxylation is 1. The summed E-state index contributed by atoms with van der Waals surface area (Å²) in [4.78, 5) is 14.7. The number of fused-ring (bicyclic) bond motifs is 1. The van der Waals surface area contributed by atoms with Gasteiger partial charge in [0.25, 0.3) is 10.0 Å². The van der Waals surface area contributed by atoms with E-state index in [1.165, 1.54) is 5.56 Å². The topological polar surface area (TPSA) is 78.8 Å². The van der Waals surface area contributed by atoms with Crippen LogP contribution in [0.4, 0.5) is 5.69 Å². The van der Waals surface area contributed by atoms with Crippen molar-refractivity contribution in [2.24, 2.45) is 4.40 Å². The Morgan fingerprint density at radius 2 is 1.56 bits per heavy atom. The summed E-state index contributed by atoms with van der Waals surface area (Å²) >= 11 is 1.14. The molecule has 0 bridgehead atoms. The van der Waals surface area contributed by atoms with Gasteiger partial charge < -0.3 is 10.2 Å². The molecule has 0 saturated carbocycles. The van der Waals surface area contributed by atoms with Gasteiger partial charge in [-0.2, -0.15) is 8.42 Å². The number of nitrogens with zero attached hydrogens (tertiary/aromatic N) is 2. The van der Waals surface area contributed by atoms with Crippen LogP contribution in [0.2, 0.25) is 0 Å². The van der Waals surface area contributed by atoms with E-state index in [0.717, 1.165) is 30.2 Å². The molecule has 3 aromatic carbocycles. The van der Waals surface area contributed by atoms with E-state index in [-0.39, 0.29) is 22.6 Å². The lowest BCUT2D eigenvalue weighted by molar-refractivity contribution is -0.119. The summed E-state index contributed by atoms with van der Waals surface area (Å²) in [6.07, 6.45) is 1.70. The highest BCUT2D eigenvalue weighted by Gasteiger charge is 2.31. The number of carbonyl (C=O) groups excluding carboxylic acids is 1. The van der Waals surface area contributed by atoms with Crippen molar-refractivity contribution in [3.05, 3.63) is 96.1 Å². The van der Waals surface area contributed by atoms with Crippen LogP contribution in [-0.4, -0.2) is 31.3 Å². The van der Waals surface area contributed by atoms with E-state index in [1.54, 1.807) is 24.3 Å². The third-order valence-electron chi connectivity index (χ3n) is 5.50. The minimum Gasteiger partial charge on any atom is -0.353 e. The highest BCUT2D eigenvalue weighted by Crippen LogP contribution is 2.35. The fourth-order valence-electron chi connectivity index (χ4n) is 3.77. The molecule has 4 rings (SSSR count). The summed E-state index contributed by atoms with van der Waals surface area (Å²) in [5, 5.41) is 3.31. The summed E-state index contributed by atoms with van der Waals surface area (Å²) in [7, 11) is -3.83. The number of benzene rings is 3. The van der Waals surface area contributed by atoms with Crippen molar-refractivity contribution in [2.45, 2.75) is 37.2 Å². The van der Waals surface area contributed by atoms with Gasteiger partial charge in [0.05, 0.1) is 18.0 Å². The second-order valence-corrected chi connectivity index (χ2v) is 10.7. The van der Waals surface area contributed by atoms with Gasteiger partial charge in [0, 0.05) is 6.04 Å². The highest BCUT2D eigenvalue weighted by atomic mass is 32.2. The van der Waals surface area contributed by atoms with Crippen LogP contribution in [0, 0.1) is 0 Å². The molecule has 0 spiro atoms. The third-order valence-corrected chi connectivity index (χ3v) is 7.90. The van der Waals surface area contributed by atoms with E-state index >= 15 is 0 Å². The molecule has 1 aliphatic rings. The maximum absolute atomic E-state index is 12.8. The minimum atomic E-state index is -3.83. The first-order valence-electron chi connectivity index (χ1n) is 11.1. The summed E-state index contributed by atoms with van der Waals surface area (Å²) in [5.41, 5.74) is 2.82. The lowest BCUT2D eigenvalue weighted by Gasteiger charge is -2.30. The average molecular weight is 494 g/mol. The van der Waals surface area contributed by atoms with Crippen LogP contribution in [0.1, 0.15) is 24.5 Å². The summed E-state index contributed by atoms with van der Waals surface area (Å²) in [6, 6.07) is 26.8. The van der Waals surface area contributed by atoms with E-state index in [2.05, 4.69) is 21.8 Å². The zero-order valence-electron chi connectivity index (χ0n) is 18.9. The van der Waals surface area contributed by atoms with Crippen LogP contribution in [0.25, 0.3) is 0 Å². The largest absolute Gasteiger partial charge is 0.353 e. The number of hydrogen-bond acceptors (Lipinski definition) is 5. The number of amidine groups is 1. The van der Waals surface area contributed by atoms with Crippen LogP contribution in [0.15, 0.2) is 94.2 Å². The number of sulfonamides is 1. The molecule has 1 aliphatic heterocycles. The fraction of sp³-hybridized carbons (Fsp3) is 0.231. The quantitative estimate of drug-likeness (QED) is 0.495. The molecule has 0 fully saturated rings. The van der Waals surface area contributed by atoms with Gasteiger partial charge in [0.15, 0.2) is 5.17 Å². The molecule has 1 atom stereocenters. The highest BCUT2D eigenvalue weighted by molar-refractivity contribution is 8.15. The molecule has 6 nitrogen and oxygen atoms in total. The monoisotopic (exact) mass is 493 g/mol. The standard InChI is InChI=1S/C26H27N3O3S2/c1-20(16-17-21-10-4-2-5-11-21)27-25(30)19-33-26-28-34(31,32)24-15-9-8-14-23(24)29(26)18-22-12-6-3-7-13-22/h2-15,20H,16-19H2,1H3,(H,27,30)/t20-/m0/s1. The summed E-state index contributed by atoms with van der Waals surface area (Å²) < 4.78 is 29.6. The molecular formula is C26H27N3O3S2. The molecule has 0 unspecified atom stereocenters. The van der Waals surface area contributed by atoms with Gasteiger partial charge in [-0.25, -0.2) is 0 Å². The Morgan fingerprint density at radius 3 is 2.26 bits per heavy atom. The molecule has 0 saturated heterocycles. The van der Waals surface area contributed by atoms with Gasteiger partial charge in [0.2, 0.25) is 5.91 Å². The van der Waals surface area contributed by atoms with Crippen molar-refractivity contribution < 1.29 is 13.2 Å². The van der Waals surface area contributed by atoms with Crippen LogP contribution in [0.5, 0.6) is 0 Å². The second kappa shape index (κ2) is 10.9. The Morgan fingerprint density at radius 1 is 0.941 bits per heavy atom. The Labute approximate surface area is 205 Å². The van der Waals surface area contributed by atoms with Crippen molar-refractivity contribution in [3.63, 3.8) is 0 Å². The molecule has 34 heavy (non-hydrogen) atoms. The van der Waals surface area contributed by atoms with Gasteiger partial charge in [-0.15, -0.1) is 4.40 Å². The first-order valence-corrected chi connectivity index (χ1v) is 13.6. The smallest absolute Gasteiger partial charge is 0.286 e. The van der Waals surface area contributed by atoms with Crippen molar-refractivity contribution in [1.29, 1.82) is 0 Å². The van der Waals surface area contributed by atoms with Gasteiger partial charge in [0.1, 0.15) is 4.90 Å². The maximum atomic E-state index is 12.8.